The molecule has 8 heteroatoms. The molecular formula is C19H17ClN4O2S. The molecule has 0 unspecified atom stereocenters. The number of aryl methyl sites for hydroxylation is 2. The van der Waals surface area contributed by atoms with Crippen LogP contribution in [0.2, 0.25) is 5.02 Å². The number of aliphatic carboxylic acids is 1. The van der Waals surface area contributed by atoms with Crippen LogP contribution >= 0.6 is 22.9 Å². The van der Waals surface area contributed by atoms with Crippen LogP contribution in [-0.4, -0.2) is 31.6 Å². The van der Waals surface area contributed by atoms with Crippen molar-refractivity contribution in [3.63, 3.8) is 0 Å². The third-order valence-electron chi connectivity index (χ3n) is 4.48. The quantitative estimate of drug-likeness (QED) is 0.710. The zero-order valence-electron chi connectivity index (χ0n) is 14.8. The summed E-state index contributed by atoms with van der Waals surface area (Å²) in [6.45, 7) is 3.89. The van der Waals surface area contributed by atoms with Gasteiger partial charge < -0.3 is 5.11 Å². The number of nitrogens with zero attached hydrogens (tertiary/aromatic N) is 4. The number of aliphatic imine (C=N–C) groups is 1. The lowest BCUT2D eigenvalue weighted by atomic mass is 10.0. The van der Waals surface area contributed by atoms with Gasteiger partial charge in [0.15, 0.2) is 5.82 Å². The van der Waals surface area contributed by atoms with Crippen molar-refractivity contribution in [1.82, 2.24) is 14.8 Å². The van der Waals surface area contributed by atoms with Crippen LogP contribution in [0.3, 0.4) is 0 Å². The molecule has 0 spiro atoms. The molecule has 1 aliphatic heterocycles. The standard InChI is InChI=1S/C19H17ClN4O2S/c1-10-18-23-22-11(2)24(18)19-14(9-12(27-19)7-8-16(25)26)17(21-10)13-5-3-4-6-15(13)20/h3-6,9-10H,7-8H2,1-2H3,(H,25,26)/t10-/m0/s1. The summed E-state index contributed by atoms with van der Waals surface area (Å²) in [5, 5.41) is 19.1. The molecule has 0 saturated heterocycles. The topological polar surface area (TPSA) is 80.4 Å². The Morgan fingerprint density at radius 1 is 1.30 bits per heavy atom. The minimum absolute atomic E-state index is 0.0857. The molecule has 1 N–H and O–H groups in total. The summed E-state index contributed by atoms with van der Waals surface area (Å²) in [5.74, 6) is 0.733. The number of fused-ring (bicyclic) bond motifs is 3. The Morgan fingerprint density at radius 2 is 2.07 bits per heavy atom. The van der Waals surface area contributed by atoms with Gasteiger partial charge in [0.05, 0.1) is 12.1 Å². The fourth-order valence-corrected chi connectivity index (χ4v) is 4.65. The second kappa shape index (κ2) is 6.90. The number of carboxylic acids is 1. The third-order valence-corrected chi connectivity index (χ3v) is 5.99. The van der Waals surface area contributed by atoms with E-state index in [1.54, 1.807) is 11.3 Å². The molecule has 1 atom stereocenters. The molecule has 138 valence electrons. The fourth-order valence-electron chi connectivity index (χ4n) is 3.21. The molecule has 0 bridgehead atoms. The maximum absolute atomic E-state index is 11.0. The van der Waals surface area contributed by atoms with Gasteiger partial charge in [-0.1, -0.05) is 29.8 Å². The van der Waals surface area contributed by atoms with E-state index in [0.29, 0.717) is 11.4 Å². The van der Waals surface area contributed by atoms with Crippen molar-refractivity contribution in [2.24, 2.45) is 4.99 Å². The average molecular weight is 401 g/mol. The van der Waals surface area contributed by atoms with Crippen molar-refractivity contribution in [3.8, 4) is 5.00 Å². The smallest absolute Gasteiger partial charge is 0.303 e. The highest BCUT2D eigenvalue weighted by molar-refractivity contribution is 7.15. The van der Waals surface area contributed by atoms with E-state index < -0.39 is 5.97 Å². The largest absolute Gasteiger partial charge is 0.481 e. The molecular weight excluding hydrogens is 384 g/mol. The van der Waals surface area contributed by atoms with Crippen molar-refractivity contribution in [3.05, 3.63) is 63.0 Å². The lowest BCUT2D eigenvalue weighted by Crippen LogP contribution is -2.06. The van der Waals surface area contributed by atoms with E-state index in [9.17, 15) is 4.79 Å². The molecule has 0 saturated carbocycles. The van der Waals surface area contributed by atoms with E-state index in [1.165, 1.54) is 0 Å². The molecule has 2 aromatic heterocycles. The van der Waals surface area contributed by atoms with Gasteiger partial charge in [-0.05, 0) is 32.4 Å². The molecule has 0 fully saturated rings. The van der Waals surface area contributed by atoms with Crippen molar-refractivity contribution in [2.45, 2.75) is 32.7 Å². The van der Waals surface area contributed by atoms with E-state index in [0.717, 1.165) is 38.4 Å². The van der Waals surface area contributed by atoms with E-state index in [-0.39, 0.29) is 12.5 Å². The lowest BCUT2D eigenvalue weighted by molar-refractivity contribution is -0.136. The first kappa shape index (κ1) is 17.9. The second-order valence-electron chi connectivity index (χ2n) is 6.40. The van der Waals surface area contributed by atoms with Gasteiger partial charge >= 0.3 is 5.97 Å². The molecule has 27 heavy (non-hydrogen) atoms. The monoisotopic (exact) mass is 400 g/mol. The van der Waals surface area contributed by atoms with E-state index in [1.807, 2.05) is 48.7 Å². The predicted molar refractivity (Wildman–Crippen MR) is 105 cm³/mol. The number of halogens is 1. The maximum atomic E-state index is 11.0. The number of hydrogen-bond donors (Lipinski definition) is 1. The summed E-state index contributed by atoms with van der Waals surface area (Å²) in [6.07, 6.45) is 0.553. The number of thiophene rings is 1. The SMILES string of the molecule is Cc1nnc2n1-c1sc(CCC(=O)O)cc1C(c1ccccc1Cl)=N[C@H]2C. The number of carboxylic acid groups (broad SMARTS) is 1. The molecule has 1 aliphatic rings. The maximum Gasteiger partial charge on any atom is 0.303 e. The van der Waals surface area contributed by atoms with Crippen molar-refractivity contribution in [1.29, 1.82) is 0 Å². The molecule has 3 aromatic rings. The van der Waals surface area contributed by atoms with Crippen LogP contribution in [0, 0.1) is 6.92 Å². The minimum Gasteiger partial charge on any atom is -0.481 e. The van der Waals surface area contributed by atoms with Gasteiger partial charge in [-0.15, -0.1) is 21.5 Å². The van der Waals surface area contributed by atoms with Gasteiger partial charge in [0, 0.05) is 21.0 Å². The molecule has 0 aliphatic carbocycles. The van der Waals surface area contributed by atoms with Gasteiger partial charge in [-0.3, -0.25) is 14.4 Å². The van der Waals surface area contributed by atoms with Gasteiger partial charge in [0.25, 0.3) is 0 Å². The first-order chi connectivity index (χ1) is 13.0. The number of rotatable bonds is 4. The predicted octanol–water partition coefficient (Wildman–Crippen LogP) is 4.22. The second-order valence-corrected chi connectivity index (χ2v) is 7.92. The van der Waals surface area contributed by atoms with Gasteiger partial charge in [0.2, 0.25) is 0 Å². The summed E-state index contributed by atoms with van der Waals surface area (Å²) in [6, 6.07) is 9.45. The highest BCUT2D eigenvalue weighted by atomic mass is 35.5. The first-order valence-electron chi connectivity index (χ1n) is 8.55. The summed E-state index contributed by atoms with van der Waals surface area (Å²) < 4.78 is 2.02. The van der Waals surface area contributed by atoms with Crippen molar-refractivity contribution < 1.29 is 9.90 Å². The highest BCUT2D eigenvalue weighted by Crippen LogP contribution is 2.37. The Labute approximate surface area is 165 Å². The molecule has 3 heterocycles. The third kappa shape index (κ3) is 3.17. The van der Waals surface area contributed by atoms with Crippen LogP contribution in [0.4, 0.5) is 0 Å². The Hall–Kier alpha value is -2.51. The minimum atomic E-state index is -0.812. The Kier molecular flexibility index (Phi) is 4.57. The van der Waals surface area contributed by atoms with Crippen molar-refractivity contribution in [2.75, 3.05) is 0 Å². The number of hydrogen-bond acceptors (Lipinski definition) is 5. The van der Waals surface area contributed by atoms with Crippen LogP contribution in [0.25, 0.3) is 5.00 Å². The Balaban J connectivity index is 1.93. The Morgan fingerprint density at radius 3 is 2.81 bits per heavy atom. The van der Waals surface area contributed by atoms with Gasteiger partial charge in [-0.25, -0.2) is 0 Å². The summed E-state index contributed by atoms with van der Waals surface area (Å²) in [5.41, 5.74) is 2.58. The normalized spacial score (nSPS) is 15.7. The van der Waals surface area contributed by atoms with E-state index in [4.69, 9.17) is 21.7 Å². The van der Waals surface area contributed by atoms with E-state index >= 15 is 0 Å². The zero-order chi connectivity index (χ0) is 19.1. The van der Waals surface area contributed by atoms with Crippen molar-refractivity contribution >= 4 is 34.6 Å². The Bertz CT molecular complexity index is 1070. The van der Waals surface area contributed by atoms with Crippen LogP contribution < -0.4 is 0 Å². The number of aromatic nitrogens is 3. The van der Waals surface area contributed by atoms with Crippen LogP contribution in [0.5, 0.6) is 0 Å². The zero-order valence-corrected chi connectivity index (χ0v) is 16.4. The summed E-state index contributed by atoms with van der Waals surface area (Å²) in [4.78, 5) is 16.9. The lowest BCUT2D eigenvalue weighted by Gasteiger charge is -2.09. The summed E-state index contributed by atoms with van der Waals surface area (Å²) in [7, 11) is 0. The molecule has 4 rings (SSSR count). The van der Waals surface area contributed by atoms with Crippen LogP contribution in [0.15, 0.2) is 35.3 Å². The first-order valence-corrected chi connectivity index (χ1v) is 9.75. The van der Waals surface area contributed by atoms with Crippen LogP contribution in [-0.2, 0) is 11.2 Å². The van der Waals surface area contributed by atoms with Crippen LogP contribution in [0.1, 0.15) is 47.0 Å². The van der Waals surface area contributed by atoms with Gasteiger partial charge in [-0.2, -0.15) is 0 Å². The van der Waals surface area contributed by atoms with Gasteiger partial charge in [0.1, 0.15) is 16.9 Å². The average Bonchev–Trinajstić information content (AvgIpc) is 3.19. The molecule has 0 radical (unpaired) electrons. The molecule has 0 amide bonds. The van der Waals surface area contributed by atoms with E-state index in [2.05, 4.69) is 10.2 Å². The molecule has 1 aromatic carbocycles. The highest BCUT2D eigenvalue weighted by Gasteiger charge is 2.28. The fraction of sp³-hybridized carbons (Fsp3) is 0.263. The number of benzene rings is 1. The summed E-state index contributed by atoms with van der Waals surface area (Å²) >= 11 is 8.02. The molecule has 6 nitrogen and oxygen atoms in total. The number of carbonyl (C=O) groups is 1.